The minimum Gasteiger partial charge on any atom is -0.340 e. The van der Waals surface area contributed by atoms with E-state index in [4.69, 9.17) is 0 Å². The summed E-state index contributed by atoms with van der Waals surface area (Å²) in [7, 11) is 0. The number of nitrogens with zero attached hydrogens (tertiary/aromatic N) is 2. The number of amides is 3. The Balaban J connectivity index is 1.48. The van der Waals surface area contributed by atoms with E-state index in [1.165, 1.54) is 6.33 Å². The molecule has 3 N–H and O–H groups in total. The van der Waals surface area contributed by atoms with Gasteiger partial charge in [-0.3, -0.25) is 10.1 Å². The topological polar surface area (TPSA) is 96.0 Å². The number of fused-ring (bicyclic) bond motifs is 1. The number of nitrogens with one attached hydrogen (secondary N) is 3. The third-order valence-electron chi connectivity index (χ3n) is 4.72. The summed E-state index contributed by atoms with van der Waals surface area (Å²) in [5.74, 6) is 0.200. The van der Waals surface area contributed by atoms with Crippen LogP contribution < -0.4 is 16.0 Å². The first-order valence-corrected chi connectivity index (χ1v) is 9.75. The van der Waals surface area contributed by atoms with Crippen LogP contribution in [0.5, 0.6) is 0 Å². The second-order valence-electron chi connectivity index (χ2n) is 7.22. The van der Waals surface area contributed by atoms with E-state index in [-0.39, 0.29) is 0 Å². The number of aryl methyl sites for hydroxylation is 2. The highest BCUT2D eigenvalue weighted by molar-refractivity contribution is 6.08. The van der Waals surface area contributed by atoms with Crippen molar-refractivity contribution in [3.8, 4) is 0 Å². The van der Waals surface area contributed by atoms with Crippen LogP contribution in [0.25, 0.3) is 10.9 Å². The van der Waals surface area contributed by atoms with Gasteiger partial charge in [-0.05, 0) is 61.9 Å². The van der Waals surface area contributed by atoms with Gasteiger partial charge in [0.2, 0.25) is 0 Å². The van der Waals surface area contributed by atoms with E-state index in [0.29, 0.717) is 22.6 Å². The predicted molar refractivity (Wildman–Crippen MR) is 122 cm³/mol. The van der Waals surface area contributed by atoms with Crippen LogP contribution in [-0.2, 0) is 0 Å². The molecule has 0 aliphatic carbocycles. The SMILES string of the molecule is Cc1ccc(C(=O)NC(=O)Nc2ccc3c(Nc4cccc(C)c4)ncnc3c2)cc1. The van der Waals surface area contributed by atoms with E-state index < -0.39 is 11.9 Å². The number of hydrogen-bond acceptors (Lipinski definition) is 5. The van der Waals surface area contributed by atoms with Gasteiger partial charge < -0.3 is 10.6 Å². The average molecular weight is 411 g/mol. The van der Waals surface area contributed by atoms with Crippen LogP contribution in [0, 0.1) is 13.8 Å². The van der Waals surface area contributed by atoms with E-state index in [1.807, 2.05) is 56.3 Å². The predicted octanol–water partition coefficient (Wildman–Crippen LogP) is 4.95. The Labute approximate surface area is 179 Å². The molecule has 0 aliphatic heterocycles. The summed E-state index contributed by atoms with van der Waals surface area (Å²) in [6.45, 7) is 3.95. The average Bonchev–Trinajstić information content (AvgIpc) is 2.74. The molecular weight excluding hydrogens is 390 g/mol. The van der Waals surface area contributed by atoms with Crippen molar-refractivity contribution in [2.45, 2.75) is 13.8 Å². The molecule has 0 radical (unpaired) electrons. The van der Waals surface area contributed by atoms with Crippen molar-refractivity contribution in [2.75, 3.05) is 10.6 Å². The molecule has 7 nitrogen and oxygen atoms in total. The third kappa shape index (κ3) is 4.84. The highest BCUT2D eigenvalue weighted by Gasteiger charge is 2.11. The fourth-order valence-corrected chi connectivity index (χ4v) is 3.14. The summed E-state index contributed by atoms with van der Waals surface area (Å²) in [4.78, 5) is 33.1. The zero-order valence-electron chi connectivity index (χ0n) is 17.1. The van der Waals surface area contributed by atoms with E-state index in [1.54, 1.807) is 24.3 Å². The lowest BCUT2D eigenvalue weighted by atomic mass is 10.1. The Morgan fingerprint density at radius 3 is 2.39 bits per heavy atom. The number of aromatic nitrogens is 2. The van der Waals surface area contributed by atoms with Crippen molar-refractivity contribution in [1.82, 2.24) is 15.3 Å². The molecule has 1 heterocycles. The second kappa shape index (κ2) is 8.62. The molecule has 0 saturated heterocycles. The first kappa shape index (κ1) is 20.0. The highest BCUT2D eigenvalue weighted by atomic mass is 16.2. The Hall–Kier alpha value is -4.26. The van der Waals surface area contributed by atoms with Gasteiger partial charge in [0, 0.05) is 22.3 Å². The van der Waals surface area contributed by atoms with Gasteiger partial charge in [-0.15, -0.1) is 0 Å². The molecule has 1 aromatic heterocycles. The van der Waals surface area contributed by atoms with E-state index >= 15 is 0 Å². The lowest BCUT2D eigenvalue weighted by molar-refractivity contribution is 0.0967. The fraction of sp³-hybridized carbons (Fsp3) is 0.0833. The van der Waals surface area contributed by atoms with Gasteiger partial charge in [0.25, 0.3) is 5.91 Å². The maximum absolute atomic E-state index is 12.3. The molecule has 0 aliphatic rings. The molecule has 0 spiro atoms. The largest absolute Gasteiger partial charge is 0.340 e. The molecule has 154 valence electrons. The first-order valence-electron chi connectivity index (χ1n) is 9.75. The molecule has 0 fully saturated rings. The first-order chi connectivity index (χ1) is 15.0. The zero-order valence-corrected chi connectivity index (χ0v) is 17.1. The Morgan fingerprint density at radius 2 is 1.61 bits per heavy atom. The Bertz CT molecular complexity index is 1270. The number of carbonyl (C=O) groups excluding carboxylic acids is 2. The molecule has 4 rings (SSSR count). The van der Waals surface area contributed by atoms with Crippen LogP contribution in [0.1, 0.15) is 21.5 Å². The van der Waals surface area contributed by atoms with E-state index in [9.17, 15) is 9.59 Å². The smallest absolute Gasteiger partial charge is 0.326 e. The quantitative estimate of drug-likeness (QED) is 0.441. The van der Waals surface area contributed by atoms with Gasteiger partial charge in [0.15, 0.2) is 0 Å². The second-order valence-corrected chi connectivity index (χ2v) is 7.22. The van der Waals surface area contributed by atoms with Crippen molar-refractivity contribution in [3.63, 3.8) is 0 Å². The number of imide groups is 1. The number of rotatable bonds is 4. The summed E-state index contributed by atoms with van der Waals surface area (Å²) >= 11 is 0. The van der Waals surface area contributed by atoms with Crippen LogP contribution in [0.3, 0.4) is 0 Å². The number of hydrogen-bond donors (Lipinski definition) is 3. The van der Waals surface area contributed by atoms with E-state index in [2.05, 4.69) is 25.9 Å². The fourth-order valence-electron chi connectivity index (χ4n) is 3.14. The third-order valence-corrected chi connectivity index (χ3v) is 4.72. The van der Waals surface area contributed by atoms with Crippen LogP contribution in [0.2, 0.25) is 0 Å². The molecular formula is C24H21N5O2. The van der Waals surface area contributed by atoms with Gasteiger partial charge in [-0.25, -0.2) is 14.8 Å². The Morgan fingerprint density at radius 1 is 0.806 bits per heavy atom. The van der Waals surface area contributed by atoms with Crippen molar-refractivity contribution >= 4 is 40.0 Å². The number of urea groups is 1. The minimum atomic E-state index is -0.614. The maximum atomic E-state index is 12.3. The minimum absolute atomic E-state index is 0.416. The molecule has 0 saturated carbocycles. The molecule has 0 bridgehead atoms. The van der Waals surface area contributed by atoms with Crippen molar-refractivity contribution in [2.24, 2.45) is 0 Å². The summed E-state index contributed by atoms with van der Waals surface area (Å²) in [5.41, 5.74) is 4.70. The van der Waals surface area contributed by atoms with E-state index in [0.717, 1.165) is 22.2 Å². The van der Waals surface area contributed by atoms with Crippen molar-refractivity contribution in [3.05, 3.63) is 89.7 Å². The summed E-state index contributed by atoms with van der Waals surface area (Å²) in [6, 6.07) is 19.7. The van der Waals surface area contributed by atoms with Crippen LogP contribution in [0.4, 0.5) is 22.0 Å². The summed E-state index contributed by atoms with van der Waals surface area (Å²) < 4.78 is 0. The molecule has 3 amide bonds. The summed E-state index contributed by atoms with van der Waals surface area (Å²) in [5, 5.41) is 9.11. The Kier molecular flexibility index (Phi) is 5.57. The van der Waals surface area contributed by atoms with Gasteiger partial charge in [-0.2, -0.15) is 0 Å². The van der Waals surface area contributed by atoms with Crippen LogP contribution in [0.15, 0.2) is 73.1 Å². The van der Waals surface area contributed by atoms with Crippen LogP contribution in [-0.4, -0.2) is 21.9 Å². The van der Waals surface area contributed by atoms with Gasteiger partial charge in [-0.1, -0.05) is 29.8 Å². The standard InChI is InChI=1S/C24H21N5O2/c1-15-6-8-17(9-7-15)23(30)29-24(31)28-19-10-11-20-21(13-19)25-14-26-22(20)27-18-5-3-4-16(2)12-18/h3-14H,1-2H3,(H,25,26,27)(H2,28,29,30,31). The lowest BCUT2D eigenvalue weighted by Crippen LogP contribution is -2.34. The number of benzene rings is 3. The highest BCUT2D eigenvalue weighted by Crippen LogP contribution is 2.25. The van der Waals surface area contributed by atoms with Crippen LogP contribution >= 0.6 is 0 Å². The van der Waals surface area contributed by atoms with Crippen molar-refractivity contribution < 1.29 is 9.59 Å². The van der Waals surface area contributed by atoms with Gasteiger partial charge in [0.1, 0.15) is 12.1 Å². The molecule has 0 atom stereocenters. The molecule has 31 heavy (non-hydrogen) atoms. The van der Waals surface area contributed by atoms with Crippen molar-refractivity contribution in [1.29, 1.82) is 0 Å². The molecule has 3 aromatic carbocycles. The molecule has 7 heteroatoms. The number of anilines is 3. The molecule has 0 unspecified atom stereocenters. The number of carbonyl (C=O) groups is 2. The zero-order chi connectivity index (χ0) is 21.8. The maximum Gasteiger partial charge on any atom is 0.326 e. The monoisotopic (exact) mass is 411 g/mol. The molecule has 4 aromatic rings. The summed E-state index contributed by atoms with van der Waals surface area (Å²) in [6.07, 6.45) is 1.46. The van der Waals surface area contributed by atoms with Gasteiger partial charge >= 0.3 is 6.03 Å². The normalized spacial score (nSPS) is 10.5. The van der Waals surface area contributed by atoms with Gasteiger partial charge in [0.05, 0.1) is 5.52 Å². The lowest BCUT2D eigenvalue weighted by Gasteiger charge is -2.11.